The Morgan fingerprint density at radius 2 is 2.00 bits per heavy atom. The normalized spacial score (nSPS) is 11.9. The van der Waals surface area contributed by atoms with Gasteiger partial charge in [-0.2, -0.15) is 13.2 Å². The van der Waals surface area contributed by atoms with Gasteiger partial charge in [-0.25, -0.2) is 4.98 Å². The van der Waals surface area contributed by atoms with Crippen LogP contribution in [0.2, 0.25) is 0 Å². The SMILES string of the molecule is CCCN(Cc1cnc(NC)cn1)CC(F)(F)F. The largest absolute Gasteiger partial charge is 0.401 e. The first kappa shape index (κ1) is 14.7. The lowest BCUT2D eigenvalue weighted by molar-refractivity contribution is -0.147. The molecule has 0 fully saturated rings. The molecule has 0 unspecified atom stereocenters. The molecular weight excluding hydrogens is 245 g/mol. The van der Waals surface area contributed by atoms with Crippen LogP contribution in [0.1, 0.15) is 19.0 Å². The van der Waals surface area contributed by atoms with Crippen molar-refractivity contribution in [2.24, 2.45) is 0 Å². The number of nitrogens with one attached hydrogen (secondary N) is 1. The van der Waals surface area contributed by atoms with Gasteiger partial charge in [0.1, 0.15) is 5.82 Å². The van der Waals surface area contributed by atoms with Crippen molar-refractivity contribution in [2.45, 2.75) is 26.1 Å². The highest BCUT2D eigenvalue weighted by Crippen LogP contribution is 2.17. The predicted octanol–water partition coefficient (Wildman–Crippen LogP) is 2.29. The van der Waals surface area contributed by atoms with Crippen LogP contribution in [-0.2, 0) is 6.54 Å². The topological polar surface area (TPSA) is 41.1 Å². The Morgan fingerprint density at radius 1 is 1.28 bits per heavy atom. The van der Waals surface area contributed by atoms with E-state index in [0.717, 1.165) is 0 Å². The summed E-state index contributed by atoms with van der Waals surface area (Å²) in [5.74, 6) is 0.594. The lowest BCUT2D eigenvalue weighted by Gasteiger charge is -2.22. The molecule has 4 nitrogen and oxygen atoms in total. The van der Waals surface area contributed by atoms with Gasteiger partial charge >= 0.3 is 6.18 Å². The predicted molar refractivity (Wildman–Crippen MR) is 63.2 cm³/mol. The Kier molecular flexibility index (Phi) is 5.33. The summed E-state index contributed by atoms with van der Waals surface area (Å²) >= 11 is 0. The minimum atomic E-state index is -4.19. The fourth-order valence-corrected chi connectivity index (χ4v) is 1.58. The quantitative estimate of drug-likeness (QED) is 0.854. The first-order valence-electron chi connectivity index (χ1n) is 5.72. The van der Waals surface area contributed by atoms with Crippen LogP contribution in [-0.4, -0.2) is 41.2 Å². The van der Waals surface area contributed by atoms with Crippen molar-refractivity contribution < 1.29 is 13.2 Å². The average molecular weight is 262 g/mol. The molecule has 1 N–H and O–H groups in total. The van der Waals surface area contributed by atoms with Crippen molar-refractivity contribution in [1.82, 2.24) is 14.9 Å². The molecule has 0 saturated heterocycles. The first-order valence-corrected chi connectivity index (χ1v) is 5.72. The second-order valence-electron chi connectivity index (χ2n) is 3.97. The van der Waals surface area contributed by atoms with E-state index in [9.17, 15) is 13.2 Å². The molecule has 18 heavy (non-hydrogen) atoms. The molecule has 0 aliphatic carbocycles. The van der Waals surface area contributed by atoms with Gasteiger partial charge in [-0.05, 0) is 13.0 Å². The molecule has 1 rings (SSSR count). The maximum Gasteiger partial charge on any atom is 0.401 e. The zero-order valence-corrected chi connectivity index (χ0v) is 10.5. The van der Waals surface area contributed by atoms with Crippen LogP contribution >= 0.6 is 0 Å². The Morgan fingerprint density at radius 3 is 2.44 bits per heavy atom. The third-order valence-electron chi connectivity index (χ3n) is 2.29. The second kappa shape index (κ2) is 6.53. The Hall–Kier alpha value is -1.37. The van der Waals surface area contributed by atoms with Crippen LogP contribution in [0.5, 0.6) is 0 Å². The van der Waals surface area contributed by atoms with E-state index in [1.165, 1.54) is 17.3 Å². The molecule has 0 saturated carbocycles. The molecule has 0 amide bonds. The average Bonchev–Trinajstić information content (AvgIpc) is 2.28. The highest BCUT2D eigenvalue weighted by Gasteiger charge is 2.30. The summed E-state index contributed by atoms with van der Waals surface area (Å²) in [6, 6.07) is 0. The molecule has 7 heteroatoms. The van der Waals surface area contributed by atoms with Gasteiger partial charge in [0.15, 0.2) is 0 Å². The molecule has 0 aliphatic rings. The Balaban J connectivity index is 2.64. The zero-order valence-electron chi connectivity index (χ0n) is 10.5. The Bertz CT molecular complexity index is 350. The number of rotatable bonds is 6. The van der Waals surface area contributed by atoms with E-state index >= 15 is 0 Å². The van der Waals surface area contributed by atoms with Crippen molar-refractivity contribution in [1.29, 1.82) is 0 Å². The summed E-state index contributed by atoms with van der Waals surface area (Å²) in [5, 5.41) is 2.80. The molecule has 0 atom stereocenters. The molecule has 0 radical (unpaired) electrons. The maximum atomic E-state index is 12.4. The smallest absolute Gasteiger partial charge is 0.372 e. The highest BCUT2D eigenvalue weighted by atomic mass is 19.4. The van der Waals surface area contributed by atoms with E-state index in [1.54, 1.807) is 7.05 Å². The summed E-state index contributed by atoms with van der Waals surface area (Å²) in [6.07, 6.45) is -0.524. The van der Waals surface area contributed by atoms with Crippen LogP contribution in [0.4, 0.5) is 19.0 Å². The number of halogens is 3. The summed E-state index contributed by atoms with van der Waals surface area (Å²) in [6.45, 7) is 1.47. The van der Waals surface area contributed by atoms with Gasteiger partial charge in [-0.3, -0.25) is 9.88 Å². The number of alkyl halides is 3. The minimum Gasteiger partial charge on any atom is -0.372 e. The zero-order chi connectivity index (χ0) is 13.6. The summed E-state index contributed by atoms with van der Waals surface area (Å²) in [7, 11) is 1.71. The number of nitrogens with zero attached hydrogens (tertiary/aromatic N) is 3. The number of anilines is 1. The van der Waals surface area contributed by atoms with Crippen molar-refractivity contribution in [3.05, 3.63) is 18.1 Å². The molecule has 0 spiro atoms. The first-order chi connectivity index (χ1) is 8.44. The van der Waals surface area contributed by atoms with Crippen molar-refractivity contribution in [3.63, 3.8) is 0 Å². The van der Waals surface area contributed by atoms with Gasteiger partial charge in [0, 0.05) is 13.6 Å². The van der Waals surface area contributed by atoms with Gasteiger partial charge in [0.05, 0.1) is 24.6 Å². The van der Waals surface area contributed by atoms with Crippen LogP contribution in [0, 0.1) is 0 Å². The van der Waals surface area contributed by atoms with E-state index in [-0.39, 0.29) is 6.54 Å². The fraction of sp³-hybridized carbons (Fsp3) is 0.636. The monoisotopic (exact) mass is 262 g/mol. The van der Waals surface area contributed by atoms with Crippen LogP contribution < -0.4 is 5.32 Å². The fourth-order valence-electron chi connectivity index (χ4n) is 1.58. The number of hydrogen-bond acceptors (Lipinski definition) is 4. The number of aromatic nitrogens is 2. The molecule has 102 valence electrons. The number of hydrogen-bond donors (Lipinski definition) is 1. The van der Waals surface area contributed by atoms with Crippen molar-refractivity contribution >= 4 is 5.82 Å². The van der Waals surface area contributed by atoms with Gasteiger partial charge in [-0.15, -0.1) is 0 Å². The van der Waals surface area contributed by atoms with Crippen LogP contribution in [0.3, 0.4) is 0 Å². The third-order valence-corrected chi connectivity index (χ3v) is 2.29. The molecule has 1 aromatic rings. The maximum absolute atomic E-state index is 12.4. The molecule has 0 aromatic carbocycles. The minimum absolute atomic E-state index is 0.157. The molecule has 0 bridgehead atoms. The molecular formula is C11H17F3N4. The third kappa shape index (κ3) is 5.31. The van der Waals surface area contributed by atoms with E-state index in [2.05, 4.69) is 15.3 Å². The van der Waals surface area contributed by atoms with E-state index < -0.39 is 12.7 Å². The van der Waals surface area contributed by atoms with E-state index in [1.807, 2.05) is 6.92 Å². The van der Waals surface area contributed by atoms with Gasteiger partial charge in [-0.1, -0.05) is 6.92 Å². The van der Waals surface area contributed by atoms with Crippen LogP contribution in [0.15, 0.2) is 12.4 Å². The second-order valence-corrected chi connectivity index (χ2v) is 3.97. The molecule has 1 aromatic heterocycles. The van der Waals surface area contributed by atoms with E-state index in [0.29, 0.717) is 24.5 Å². The lowest BCUT2D eigenvalue weighted by atomic mass is 10.3. The summed E-state index contributed by atoms with van der Waals surface area (Å²) in [4.78, 5) is 9.42. The van der Waals surface area contributed by atoms with Crippen molar-refractivity contribution in [3.8, 4) is 0 Å². The van der Waals surface area contributed by atoms with E-state index in [4.69, 9.17) is 0 Å². The van der Waals surface area contributed by atoms with Gasteiger partial charge in [0.25, 0.3) is 0 Å². The molecule has 0 aliphatic heterocycles. The van der Waals surface area contributed by atoms with Crippen molar-refractivity contribution in [2.75, 3.05) is 25.5 Å². The van der Waals surface area contributed by atoms with Gasteiger partial charge < -0.3 is 5.32 Å². The lowest BCUT2D eigenvalue weighted by Crippen LogP contribution is -2.34. The van der Waals surface area contributed by atoms with Crippen LogP contribution in [0.25, 0.3) is 0 Å². The highest BCUT2D eigenvalue weighted by molar-refractivity contribution is 5.29. The summed E-state index contributed by atoms with van der Waals surface area (Å²) in [5.41, 5.74) is 0.534. The standard InChI is InChI=1S/C11H17F3N4/c1-3-4-18(8-11(12,13)14)7-9-5-17-10(15-2)6-16-9/h5-6H,3-4,7-8H2,1-2H3,(H,15,17). The Labute approximate surface area is 104 Å². The van der Waals surface area contributed by atoms with Gasteiger partial charge in [0.2, 0.25) is 0 Å². The summed E-state index contributed by atoms with van der Waals surface area (Å²) < 4.78 is 37.1. The molecule has 1 heterocycles.